The average Bonchev–Trinajstić information content (AvgIpc) is 3.40. The Morgan fingerprint density at radius 1 is 0.800 bits per heavy atom. The van der Waals surface area contributed by atoms with Crippen molar-refractivity contribution in [3.63, 3.8) is 0 Å². The molecule has 2 saturated heterocycles. The summed E-state index contributed by atoms with van der Waals surface area (Å²) in [5.74, 6) is -0.0997. The number of rotatable bonds is 14. The van der Waals surface area contributed by atoms with E-state index in [1.165, 1.54) is 6.07 Å². The molecule has 45 heavy (non-hydrogen) atoms. The van der Waals surface area contributed by atoms with Crippen LogP contribution in [0.15, 0.2) is 38.9 Å². The number of hydrogen-bond donors (Lipinski definition) is 6. The molecule has 0 aliphatic carbocycles. The van der Waals surface area contributed by atoms with Gasteiger partial charge in [0.2, 0.25) is 0 Å². The number of aromatic nitrogens is 4. The van der Waals surface area contributed by atoms with Gasteiger partial charge in [-0.2, -0.15) is 4.98 Å². The Balaban J connectivity index is 1.18. The molecule has 0 spiro atoms. The highest BCUT2D eigenvalue weighted by Crippen LogP contribution is 2.51. The van der Waals surface area contributed by atoms with Gasteiger partial charge in [0.15, 0.2) is 25.4 Å². The van der Waals surface area contributed by atoms with Crippen molar-refractivity contribution in [2.24, 2.45) is 0 Å². The summed E-state index contributed by atoms with van der Waals surface area (Å²) in [7, 11) is -13.6. The molecule has 0 radical (unpaired) electrons. The normalized spacial score (nSPS) is 29.4. The van der Waals surface area contributed by atoms with Gasteiger partial charge in [-0.3, -0.25) is 9.36 Å². The summed E-state index contributed by atoms with van der Waals surface area (Å²) in [5.41, 5.74) is 2.70. The fourth-order valence-electron chi connectivity index (χ4n) is 3.98. The van der Waals surface area contributed by atoms with E-state index in [-0.39, 0.29) is 5.82 Å². The molecule has 244 valence electrons. The van der Waals surface area contributed by atoms with Gasteiger partial charge in [0.05, 0.1) is 0 Å². The largest absolute Gasteiger partial charge is 0.798 e. The summed E-state index contributed by atoms with van der Waals surface area (Å²) in [6, 6.07) is 2.20. The Bertz CT molecular complexity index is 1610. The summed E-state index contributed by atoms with van der Waals surface area (Å²) in [5, 5.41) is 40.7. The first-order valence-electron chi connectivity index (χ1n) is 12.1. The zero-order chi connectivity index (χ0) is 33.0. The lowest BCUT2D eigenvalue weighted by atomic mass is 10.1. The van der Waals surface area contributed by atoms with Crippen molar-refractivity contribution in [1.82, 2.24) is 19.1 Å². The summed E-state index contributed by atoms with van der Waals surface area (Å²) in [6.07, 6.45) is -10.4. The van der Waals surface area contributed by atoms with Gasteiger partial charge in [0.25, 0.3) is 5.56 Å². The molecule has 0 aromatic carbocycles. The topological polar surface area (TPSA) is 330 Å². The van der Waals surface area contributed by atoms with Crippen LogP contribution in [0.3, 0.4) is 0 Å². The molecule has 2 fully saturated rings. The summed E-state index contributed by atoms with van der Waals surface area (Å²) >= 11 is 0. The molecule has 2 aromatic heterocycles. The van der Waals surface area contributed by atoms with Crippen LogP contribution < -0.4 is 22.7 Å². The van der Waals surface area contributed by atoms with Crippen LogP contribution in [0.1, 0.15) is 12.5 Å². The number of aliphatic hydroxyl groups excluding tert-OH is 4. The summed E-state index contributed by atoms with van der Waals surface area (Å²) in [6.45, 7) is -1.49. The number of hydrogen-bond acceptors (Lipinski definition) is 20. The van der Waals surface area contributed by atoms with Crippen LogP contribution in [0.4, 0.5) is 5.82 Å². The highest BCUT2D eigenvalue weighted by Gasteiger charge is 2.56. The van der Waals surface area contributed by atoms with E-state index in [4.69, 9.17) is 24.3 Å². The van der Waals surface area contributed by atoms with E-state index in [1.54, 1.807) is 0 Å². The van der Waals surface area contributed by atoms with Crippen molar-refractivity contribution in [1.29, 1.82) is 0 Å². The maximum Gasteiger partial charge on any atom is 0.798 e. The van der Waals surface area contributed by atoms with Crippen molar-refractivity contribution in [3.8, 4) is 0 Å². The number of nitrogens with one attached hydrogen (secondary N) is 1. The van der Waals surface area contributed by atoms with Gasteiger partial charge in [-0.1, -0.05) is 0 Å². The van der Waals surface area contributed by atoms with E-state index in [2.05, 4.69) is 22.9 Å². The van der Waals surface area contributed by atoms with Gasteiger partial charge < -0.3 is 40.6 Å². The van der Waals surface area contributed by atoms with E-state index in [9.17, 15) is 53.1 Å². The van der Waals surface area contributed by atoms with Gasteiger partial charge in [-0.25, -0.2) is 14.2 Å². The fourth-order valence-corrected chi connectivity index (χ4v) is 6.98. The number of H-pyrrole nitrogens is 1. The minimum Gasteiger partial charge on any atom is -0.387 e. The minimum atomic E-state index is -3.50. The van der Waals surface area contributed by atoms with Crippen molar-refractivity contribution < 1.29 is 70.1 Å². The molecular formula is C18H23N5O18P4+4. The molecule has 0 saturated carbocycles. The summed E-state index contributed by atoms with van der Waals surface area (Å²) in [4.78, 5) is 41.5. The predicted molar refractivity (Wildman–Crippen MR) is 142 cm³/mol. The van der Waals surface area contributed by atoms with Crippen molar-refractivity contribution in [3.05, 3.63) is 55.8 Å². The molecule has 7 N–H and O–H groups in total. The van der Waals surface area contributed by atoms with Gasteiger partial charge in [-0.05, 0) is 6.07 Å². The van der Waals surface area contributed by atoms with Crippen molar-refractivity contribution in [2.45, 2.75) is 49.1 Å². The first-order valence-corrected chi connectivity index (χ1v) is 16.5. The third kappa shape index (κ3) is 8.57. The Morgan fingerprint density at radius 3 is 1.84 bits per heavy atom. The lowest BCUT2D eigenvalue weighted by Crippen LogP contribution is -2.42. The SMILES string of the molecule is Nc1ccn([C@H]2O[C@@H](CO[P+](=O)O[P+](=O)O[P+](=O)O[P+](=O)OC[C@H]3O[C@@H](n4c(=O)cc[nH]c4=O)[C@H](O)[C@@H]3O)[C@H](O)[C@@H]2O)c(=O)n1. The molecular weight excluding hydrogens is 698 g/mol. The Labute approximate surface area is 252 Å². The third-order valence-corrected chi connectivity index (χ3v) is 9.95. The van der Waals surface area contributed by atoms with Gasteiger partial charge in [-0.15, -0.1) is 9.05 Å². The number of nitrogens with two attached hydrogens (primary N) is 1. The van der Waals surface area contributed by atoms with Crippen molar-refractivity contribution in [2.75, 3.05) is 18.9 Å². The average molecular weight is 721 g/mol. The van der Waals surface area contributed by atoms with Gasteiger partial charge in [0.1, 0.15) is 55.7 Å². The molecule has 23 nitrogen and oxygen atoms in total. The minimum absolute atomic E-state index is 0.0997. The number of ether oxygens (including phenoxy) is 2. The highest BCUT2D eigenvalue weighted by atomic mass is 31.2. The second-order valence-electron chi connectivity index (χ2n) is 8.86. The number of aliphatic hydroxyl groups is 4. The van der Waals surface area contributed by atoms with Gasteiger partial charge >= 0.3 is 44.4 Å². The summed E-state index contributed by atoms with van der Waals surface area (Å²) < 4.78 is 82.1. The van der Waals surface area contributed by atoms with Crippen LogP contribution in [-0.4, -0.2) is 89.4 Å². The van der Waals surface area contributed by atoms with Gasteiger partial charge in [0, 0.05) is 36.7 Å². The molecule has 27 heteroatoms. The predicted octanol–water partition coefficient (Wildman–Crippen LogP) is -1.67. The van der Waals surface area contributed by atoms with E-state index in [1.807, 2.05) is 0 Å². The molecule has 2 aromatic rings. The van der Waals surface area contributed by atoms with Crippen LogP contribution in [0.2, 0.25) is 0 Å². The molecule has 2 aliphatic rings. The zero-order valence-electron chi connectivity index (χ0n) is 22.1. The first-order chi connectivity index (χ1) is 21.3. The number of nitrogen functional groups attached to an aromatic ring is 1. The monoisotopic (exact) mass is 721 g/mol. The molecule has 0 bridgehead atoms. The van der Waals surface area contributed by atoms with E-state index >= 15 is 0 Å². The van der Waals surface area contributed by atoms with Crippen LogP contribution in [0.25, 0.3) is 0 Å². The molecule has 12 atom stereocenters. The van der Waals surface area contributed by atoms with Crippen LogP contribution in [0.5, 0.6) is 0 Å². The van der Waals surface area contributed by atoms with Crippen LogP contribution in [0, 0.1) is 0 Å². The molecule has 4 rings (SSSR count). The third-order valence-electron chi connectivity index (χ3n) is 6.03. The molecule has 4 heterocycles. The highest BCUT2D eigenvalue weighted by molar-refractivity contribution is 7.56. The lowest BCUT2D eigenvalue weighted by Gasteiger charge is -2.16. The van der Waals surface area contributed by atoms with Crippen molar-refractivity contribution >= 4 is 38.8 Å². The van der Waals surface area contributed by atoms with Crippen LogP contribution in [-0.2, 0) is 49.7 Å². The maximum absolute atomic E-state index is 12.0. The number of nitrogens with zero attached hydrogens (tertiary/aromatic N) is 3. The Kier molecular flexibility index (Phi) is 11.9. The van der Waals surface area contributed by atoms with E-state index in [0.717, 1.165) is 23.0 Å². The fraction of sp³-hybridized carbons (Fsp3) is 0.556. The second kappa shape index (κ2) is 15.3. The molecule has 2 aliphatic heterocycles. The van der Waals surface area contributed by atoms with E-state index < -0.39 is 112 Å². The Morgan fingerprint density at radius 2 is 1.31 bits per heavy atom. The quantitative estimate of drug-likeness (QED) is 0.119. The maximum atomic E-state index is 12.0. The molecule has 0 amide bonds. The lowest BCUT2D eigenvalue weighted by molar-refractivity contribution is -0.0531. The smallest absolute Gasteiger partial charge is 0.387 e. The number of aromatic amines is 1. The Hall–Kier alpha value is -2.68. The van der Waals surface area contributed by atoms with Crippen LogP contribution >= 0.6 is 33.0 Å². The number of anilines is 1. The first kappa shape index (κ1) is 35.2. The molecule has 4 unspecified atom stereocenters. The zero-order valence-corrected chi connectivity index (χ0v) is 25.6. The van der Waals surface area contributed by atoms with E-state index in [0.29, 0.717) is 4.57 Å². The standard InChI is InChI=1S/C18H21N5O18P4/c19-9-2-4-22(18(30)21-9)15-13(27)11(25)7(37-15)5-35-42(31)39-44(33)41-45(34)40-43(32)36-6-8-12(26)14(28)16(38-8)23-10(24)1-3-20-17(23)29/h1-4,7-8,11-16,25-28H,5-6H2,(H-2,19,20,21,24,29,30)/q+2/p+2/t7-,8+,11-,12+,13-,14+,15-,16+/m0/s1. The second-order valence-corrected chi connectivity index (χ2v) is 13.1.